The van der Waals surface area contributed by atoms with E-state index in [0.29, 0.717) is 13.0 Å². The lowest BCUT2D eigenvalue weighted by molar-refractivity contribution is -0.141. The monoisotopic (exact) mass is 172 g/mol. The van der Waals surface area contributed by atoms with Crippen LogP contribution in [0.3, 0.4) is 0 Å². The zero-order chi connectivity index (χ0) is 8.69. The Morgan fingerprint density at radius 1 is 1.55 bits per heavy atom. The van der Waals surface area contributed by atoms with Crippen LogP contribution in [-0.2, 0) is 9.53 Å². The first-order valence-corrected chi connectivity index (χ1v) is 6.96. The van der Waals surface area contributed by atoms with Crippen LogP contribution in [0.15, 0.2) is 11.8 Å². The summed E-state index contributed by atoms with van der Waals surface area (Å²) in [5, 5.41) is 0. The van der Waals surface area contributed by atoms with Crippen molar-refractivity contribution in [1.82, 2.24) is 0 Å². The van der Waals surface area contributed by atoms with Crippen molar-refractivity contribution in [1.29, 1.82) is 0 Å². The number of hydrogen-bond donors (Lipinski definition) is 0. The molecule has 0 heterocycles. The largest absolute Gasteiger partial charge is 0.461 e. The van der Waals surface area contributed by atoms with Crippen LogP contribution in [0, 0.1) is 0 Å². The van der Waals surface area contributed by atoms with Crippen LogP contribution in [0.4, 0.5) is 0 Å². The Morgan fingerprint density at radius 3 is 2.64 bits per heavy atom. The molecular weight excluding hydrogens is 156 g/mol. The highest BCUT2D eigenvalue weighted by Crippen LogP contribution is 1.87. The fourth-order valence-electron chi connectivity index (χ4n) is 0.571. The second-order valence-corrected chi connectivity index (χ2v) is 5.58. The number of ether oxygens (including phenoxy) is 1. The Balaban J connectivity index is 3.34. The maximum atomic E-state index is 10.6. The van der Waals surface area contributed by atoms with E-state index >= 15 is 0 Å². The first-order valence-electron chi connectivity index (χ1n) is 3.99. The third-order valence-electron chi connectivity index (χ3n) is 1.15. The van der Waals surface area contributed by atoms with Crippen LogP contribution in [0.25, 0.3) is 0 Å². The molecule has 64 valence electrons. The highest BCUT2D eigenvalue weighted by Gasteiger charge is 1.93. The van der Waals surface area contributed by atoms with Gasteiger partial charge < -0.3 is 4.74 Å². The van der Waals surface area contributed by atoms with Gasteiger partial charge in [-0.1, -0.05) is 31.8 Å². The maximum absolute atomic E-state index is 10.6. The molecule has 0 atom stereocenters. The van der Waals surface area contributed by atoms with E-state index < -0.39 is 8.80 Å². The predicted molar refractivity (Wildman–Crippen MR) is 49.3 cm³/mol. The smallest absolute Gasteiger partial charge is 0.305 e. The van der Waals surface area contributed by atoms with Crippen molar-refractivity contribution in [2.24, 2.45) is 0 Å². The molecule has 0 aliphatic rings. The van der Waals surface area contributed by atoms with Crippen molar-refractivity contribution in [3.63, 3.8) is 0 Å². The third-order valence-corrected chi connectivity index (χ3v) is 2.19. The van der Waals surface area contributed by atoms with E-state index in [4.69, 9.17) is 4.74 Å². The Labute approximate surface area is 69.9 Å². The van der Waals surface area contributed by atoms with E-state index in [9.17, 15) is 4.79 Å². The van der Waals surface area contributed by atoms with Crippen LogP contribution in [0.2, 0.25) is 13.1 Å². The zero-order valence-electron chi connectivity index (χ0n) is 7.46. The minimum Gasteiger partial charge on any atom is -0.461 e. The summed E-state index contributed by atoms with van der Waals surface area (Å²) in [4.78, 5) is 10.6. The summed E-state index contributed by atoms with van der Waals surface area (Å²) in [5.74, 6) is -0.125. The lowest BCUT2D eigenvalue weighted by atomic mass is 10.5. The standard InChI is InChI=1S/C8H16O2Si/c1-4-8(9)10-6-5-7-11(2)3/h5,7,11H,4,6H2,1-3H3/b7-5+. The Bertz CT molecular complexity index is 141. The van der Waals surface area contributed by atoms with E-state index in [1.54, 1.807) is 6.92 Å². The van der Waals surface area contributed by atoms with E-state index in [2.05, 4.69) is 18.8 Å². The number of hydrogen-bond acceptors (Lipinski definition) is 2. The zero-order valence-corrected chi connectivity index (χ0v) is 8.62. The summed E-state index contributed by atoms with van der Waals surface area (Å²) in [5.41, 5.74) is 2.16. The lowest BCUT2D eigenvalue weighted by Crippen LogP contribution is -2.02. The van der Waals surface area contributed by atoms with Crippen molar-refractivity contribution in [2.75, 3.05) is 6.61 Å². The molecule has 0 aliphatic heterocycles. The van der Waals surface area contributed by atoms with Gasteiger partial charge in [-0.2, -0.15) is 0 Å². The SMILES string of the molecule is CCC(=O)OC/C=C/[SiH](C)C. The van der Waals surface area contributed by atoms with E-state index in [1.807, 2.05) is 6.08 Å². The topological polar surface area (TPSA) is 26.3 Å². The fourth-order valence-corrected chi connectivity index (χ4v) is 1.23. The molecule has 0 rings (SSSR count). The molecule has 0 saturated carbocycles. The van der Waals surface area contributed by atoms with Crippen LogP contribution in [-0.4, -0.2) is 21.4 Å². The molecule has 0 spiro atoms. The molecule has 11 heavy (non-hydrogen) atoms. The maximum Gasteiger partial charge on any atom is 0.305 e. The van der Waals surface area contributed by atoms with Crippen molar-refractivity contribution in [3.05, 3.63) is 11.8 Å². The summed E-state index contributed by atoms with van der Waals surface area (Å²) in [7, 11) is -0.614. The minimum absolute atomic E-state index is 0.125. The van der Waals surface area contributed by atoms with Gasteiger partial charge in [-0.15, -0.1) is 0 Å². The number of carbonyl (C=O) groups is 1. The molecular formula is C8H16O2Si. The highest BCUT2D eigenvalue weighted by atomic mass is 28.3. The molecule has 0 aromatic carbocycles. The molecule has 0 unspecified atom stereocenters. The Morgan fingerprint density at radius 2 is 2.18 bits per heavy atom. The van der Waals surface area contributed by atoms with Crippen LogP contribution >= 0.6 is 0 Å². The van der Waals surface area contributed by atoms with Crippen LogP contribution in [0.5, 0.6) is 0 Å². The van der Waals surface area contributed by atoms with Gasteiger partial charge in [0.05, 0.1) is 8.80 Å². The average molecular weight is 172 g/mol. The summed E-state index contributed by atoms with van der Waals surface area (Å²) >= 11 is 0. The van der Waals surface area contributed by atoms with Gasteiger partial charge in [-0.25, -0.2) is 0 Å². The van der Waals surface area contributed by atoms with Gasteiger partial charge in [-0.05, 0) is 0 Å². The van der Waals surface area contributed by atoms with Gasteiger partial charge in [0.1, 0.15) is 6.61 Å². The molecule has 0 fully saturated rings. The minimum atomic E-state index is -0.614. The van der Waals surface area contributed by atoms with Gasteiger partial charge >= 0.3 is 5.97 Å². The Hall–Kier alpha value is -0.573. The molecule has 2 nitrogen and oxygen atoms in total. The predicted octanol–water partition coefficient (Wildman–Crippen LogP) is 1.52. The van der Waals surface area contributed by atoms with Gasteiger partial charge in [0.2, 0.25) is 0 Å². The van der Waals surface area contributed by atoms with E-state index in [0.717, 1.165) is 0 Å². The van der Waals surface area contributed by atoms with E-state index in [-0.39, 0.29) is 5.97 Å². The van der Waals surface area contributed by atoms with Crippen molar-refractivity contribution in [3.8, 4) is 0 Å². The van der Waals surface area contributed by atoms with Crippen LogP contribution in [0.1, 0.15) is 13.3 Å². The first-order chi connectivity index (χ1) is 5.16. The normalized spacial score (nSPS) is 10.9. The highest BCUT2D eigenvalue weighted by molar-refractivity contribution is 6.61. The molecule has 0 saturated heterocycles. The Kier molecular flexibility index (Phi) is 5.84. The molecule has 0 bridgehead atoms. The second kappa shape index (κ2) is 6.16. The molecule has 3 heteroatoms. The number of carbonyl (C=O) groups excluding carboxylic acids is 1. The summed E-state index contributed by atoms with van der Waals surface area (Å²) < 4.78 is 4.84. The average Bonchev–Trinajstić information content (AvgIpc) is 1.97. The third kappa shape index (κ3) is 7.32. The molecule has 0 aliphatic carbocycles. The van der Waals surface area contributed by atoms with Crippen molar-refractivity contribution in [2.45, 2.75) is 26.4 Å². The number of rotatable bonds is 4. The summed E-state index contributed by atoms with van der Waals surface area (Å²) in [6.07, 6.45) is 2.40. The molecule has 0 amide bonds. The number of esters is 1. The first kappa shape index (κ1) is 10.4. The van der Waals surface area contributed by atoms with E-state index in [1.165, 1.54) is 0 Å². The van der Waals surface area contributed by atoms with Gasteiger partial charge in [-0.3, -0.25) is 4.79 Å². The summed E-state index contributed by atoms with van der Waals surface area (Å²) in [6.45, 7) is 6.68. The van der Waals surface area contributed by atoms with Gasteiger partial charge in [0, 0.05) is 6.42 Å². The lowest BCUT2D eigenvalue weighted by Gasteiger charge is -1.97. The van der Waals surface area contributed by atoms with Crippen molar-refractivity contribution < 1.29 is 9.53 Å². The molecule has 0 N–H and O–H groups in total. The van der Waals surface area contributed by atoms with Gasteiger partial charge in [0.15, 0.2) is 0 Å². The van der Waals surface area contributed by atoms with Gasteiger partial charge in [0.25, 0.3) is 0 Å². The molecule has 0 aromatic rings. The second-order valence-electron chi connectivity index (χ2n) is 2.71. The molecule has 0 radical (unpaired) electrons. The summed E-state index contributed by atoms with van der Waals surface area (Å²) in [6, 6.07) is 0. The van der Waals surface area contributed by atoms with Crippen molar-refractivity contribution >= 4 is 14.8 Å². The quantitative estimate of drug-likeness (QED) is 0.475. The fraction of sp³-hybridized carbons (Fsp3) is 0.625. The van der Waals surface area contributed by atoms with Crippen LogP contribution < -0.4 is 0 Å². The molecule has 0 aromatic heterocycles.